The summed E-state index contributed by atoms with van der Waals surface area (Å²) in [5.41, 5.74) is 5.87. The average molecular weight is 1620 g/mol. The van der Waals surface area contributed by atoms with E-state index in [-0.39, 0.29) is 83.1 Å². The maximum absolute atomic E-state index is 13.8. The fraction of sp³-hybridized carbons (Fsp3) is 0.297. The number of aliphatic hydroxyl groups excluding tert-OH is 1. The Morgan fingerprint density at radius 1 is 0.606 bits per heavy atom. The zero-order chi connectivity index (χ0) is 77.2. The van der Waals surface area contributed by atoms with E-state index < -0.39 is 53.8 Å². The topological polar surface area (TPSA) is 311 Å². The van der Waals surface area contributed by atoms with Crippen LogP contribution < -0.4 is 38.5 Å². The Bertz CT molecular complexity index is 5250. The number of hydrogen-bond acceptors (Lipinski definition) is 21. The highest BCUT2D eigenvalue weighted by Gasteiger charge is 2.35. The van der Waals surface area contributed by atoms with E-state index in [4.69, 9.17) is 27.9 Å². The summed E-state index contributed by atoms with van der Waals surface area (Å²) in [6.07, 6.45) is 9.17. The molecule has 4 aromatic heterocycles. The summed E-state index contributed by atoms with van der Waals surface area (Å²) >= 11 is 13.6. The van der Waals surface area contributed by atoms with Crippen LogP contribution in [-0.2, 0) is 57.3 Å². The number of methoxy groups -OCH3 is 1. The van der Waals surface area contributed by atoms with E-state index in [1.165, 1.54) is 79.4 Å². The quantitative estimate of drug-likeness (QED) is 0.0551. The number of carbonyl (C=O) groups excluding carboxylic acids is 3. The molecular weight excluding hydrogens is 1530 g/mol. The molecule has 584 valence electrons. The molecule has 3 atom stereocenters. The van der Waals surface area contributed by atoms with Crippen LogP contribution in [0.2, 0.25) is 10.0 Å². The molecule has 6 aromatic carbocycles. The van der Waals surface area contributed by atoms with Gasteiger partial charge in [0.05, 0.1) is 46.4 Å². The van der Waals surface area contributed by atoms with Crippen LogP contribution in [0.25, 0.3) is 10.9 Å². The highest BCUT2D eigenvalue weighted by atomic mass is 35.5. The number of benzene rings is 6. The van der Waals surface area contributed by atoms with Crippen LogP contribution in [0.4, 0.5) is 48.3 Å². The molecule has 4 N–H and O–H groups in total. The number of aromatic nitrogens is 6. The lowest BCUT2D eigenvalue weighted by Crippen LogP contribution is -2.57. The van der Waals surface area contributed by atoms with Crippen LogP contribution in [0.1, 0.15) is 46.0 Å². The van der Waals surface area contributed by atoms with Gasteiger partial charge in [-0.15, -0.1) is 11.3 Å². The maximum Gasteiger partial charge on any atom is 0.263 e. The van der Waals surface area contributed by atoms with Crippen LogP contribution in [0, 0.1) is 11.6 Å². The molecular formula is C74H90Cl2F2N16O11S4. The van der Waals surface area contributed by atoms with Crippen molar-refractivity contribution < 1.29 is 66.8 Å². The first-order chi connectivity index (χ1) is 52.3. The Morgan fingerprint density at radius 3 is 1.79 bits per heavy atom. The van der Waals surface area contributed by atoms with Gasteiger partial charge in [-0.05, 0) is 165 Å². The lowest BCUT2D eigenvalue weighted by molar-refractivity contribution is -0.138. The lowest BCUT2D eigenvalue weighted by atomic mass is 10.00. The minimum Gasteiger partial charge on any atom is -0.481 e. The molecule has 0 bridgehead atoms. The number of thiazole rings is 1. The molecule has 0 aliphatic carbocycles. The number of ether oxygens (including phenoxy) is 1. The van der Waals surface area contributed by atoms with Gasteiger partial charge >= 0.3 is 0 Å². The Hall–Kier alpha value is -10.3. The number of nitrogens with one attached hydrogen (secondary N) is 3. The van der Waals surface area contributed by atoms with Crippen LogP contribution in [0.15, 0.2) is 197 Å². The average Bonchev–Trinajstić information content (AvgIpc) is 1.76. The Morgan fingerprint density at radius 2 is 1.19 bits per heavy atom. The van der Waals surface area contributed by atoms with Crippen molar-refractivity contribution in [3.8, 4) is 5.88 Å². The standard InChI is InChI=1S/C27H31ClN6O4S.C25H26ClN5O4S2.C22H21F2N5O3S.6H2/c1-19(34-11-3-4-20-16-21(28)5-10-24(20)34)27(35)33-14-12-32(13-15-33)22-6-8-23(9-7-22)39(36,37)31-25-17-26(38-2)30-18-29-25;1-17(30-10-8-18-2-3-19(26)14-23(18)30)24(33)31-12-11-29(15-21(31)16-32)20-4-6-22(7-5-20)37(34,35)28-25-27-9-13-36-25;23-17-2-1-16(20(24)14-17)13-22(30)29-11-9-28(10-12-29)18-3-5-19(6-4-18)33(31,32)27-21-7-8-25-15-26-21;;;;;;/h5-10,16-19H,3-4,11-15H2,1-2H3,(H,29,30,31);2-10,13-14,17,21,32H,11-12,15-16H2,1H3,(H,27,28);1-8,14-15H,9-13H2,(H,25,26,27);6*1H/t19-;17-,21+;;;;;;;/m10......./s1. The number of anilines is 7. The van der Waals surface area contributed by atoms with E-state index in [1.54, 1.807) is 75.8 Å². The van der Waals surface area contributed by atoms with Crippen LogP contribution >= 0.6 is 34.5 Å². The minimum absolute atomic E-state index is 0. The number of nitrogens with zero attached hydrogens (tertiary/aromatic N) is 13. The number of hydrogen-bond donors (Lipinski definition) is 4. The third kappa shape index (κ3) is 19.1. The third-order valence-electron chi connectivity index (χ3n) is 19.1. The molecule has 0 saturated carbocycles. The summed E-state index contributed by atoms with van der Waals surface area (Å²) < 4.78 is 117. The number of halogens is 4. The molecule has 35 heteroatoms. The molecule has 4 aliphatic heterocycles. The summed E-state index contributed by atoms with van der Waals surface area (Å²) in [5.74, 6) is -1.04. The van der Waals surface area contributed by atoms with Crippen molar-refractivity contribution in [2.45, 2.75) is 65.9 Å². The van der Waals surface area contributed by atoms with Gasteiger partial charge in [-0.25, -0.2) is 59.0 Å². The number of piperazine rings is 3. The number of sulfonamides is 3. The van der Waals surface area contributed by atoms with E-state index in [0.29, 0.717) is 82.1 Å². The maximum atomic E-state index is 13.8. The van der Waals surface area contributed by atoms with Crippen molar-refractivity contribution in [1.82, 2.24) is 44.2 Å². The van der Waals surface area contributed by atoms with Crippen molar-refractivity contribution in [3.63, 3.8) is 0 Å². The van der Waals surface area contributed by atoms with Crippen molar-refractivity contribution in [2.24, 2.45) is 0 Å². The molecule has 8 heterocycles. The second-order valence-electron chi connectivity index (χ2n) is 25.9. The molecule has 0 spiro atoms. The van der Waals surface area contributed by atoms with Crippen LogP contribution in [-0.4, -0.2) is 197 Å². The smallest absolute Gasteiger partial charge is 0.263 e. The SMILES string of the molecule is COc1cc(NS(=O)(=O)c2ccc(N3CCN(C(=O)[C@@H](C)N4CCCc5cc(Cl)ccc54)CC3)cc2)ncn1.C[C@@H](C(=O)N1CCN(c2ccc(S(=O)(=O)Nc3nccs3)cc2)C[C@@H]1CO)n1ccc2ccc(Cl)cc21.O=C(Cc1ccc(F)cc1F)N1CCN(c2ccc(S(=O)(=O)Nc3ccncn3)cc2)CC1.[HH].[HH].[HH].[HH].[HH].[HH]. The van der Waals surface area contributed by atoms with Gasteiger partial charge in [0.15, 0.2) is 5.13 Å². The van der Waals surface area contributed by atoms with Gasteiger partial charge in [-0.1, -0.05) is 35.3 Å². The van der Waals surface area contributed by atoms with Gasteiger partial charge in [-0.2, -0.15) is 0 Å². The summed E-state index contributed by atoms with van der Waals surface area (Å²) in [7, 11) is -9.91. The normalized spacial score (nSPS) is 16.0. The predicted octanol–water partition coefficient (Wildman–Crippen LogP) is 11.2. The summed E-state index contributed by atoms with van der Waals surface area (Å²) in [6.45, 7) is 10.4. The zero-order valence-corrected chi connectivity index (χ0v) is 64.1. The molecule has 0 radical (unpaired) electrons. The number of rotatable bonds is 20. The number of aliphatic hydroxyl groups is 1. The lowest BCUT2D eigenvalue weighted by Gasteiger charge is -2.42. The highest BCUT2D eigenvalue weighted by molar-refractivity contribution is 7.93. The van der Waals surface area contributed by atoms with Crippen LogP contribution in [0.3, 0.4) is 0 Å². The van der Waals surface area contributed by atoms with Gasteiger partial charge in [0.1, 0.15) is 48.0 Å². The number of carbonyl (C=O) groups is 3. The van der Waals surface area contributed by atoms with Crippen molar-refractivity contribution >= 4 is 133 Å². The molecule has 10 aromatic rings. The van der Waals surface area contributed by atoms with Gasteiger partial charge < -0.3 is 48.7 Å². The summed E-state index contributed by atoms with van der Waals surface area (Å²) in [6, 6.07) is 38.1. The number of amides is 3. The number of fused-ring (bicyclic) bond motifs is 2. The van der Waals surface area contributed by atoms with Crippen molar-refractivity contribution in [2.75, 3.05) is 126 Å². The van der Waals surface area contributed by atoms with E-state index in [2.05, 4.69) is 48.9 Å². The monoisotopic (exact) mass is 1610 g/mol. The Labute approximate surface area is 652 Å². The molecule has 3 saturated heterocycles. The first-order valence-corrected chi connectivity index (χ1v) is 40.8. The predicted molar refractivity (Wildman–Crippen MR) is 428 cm³/mol. The molecule has 14 rings (SSSR count). The van der Waals surface area contributed by atoms with E-state index >= 15 is 0 Å². The van der Waals surface area contributed by atoms with Crippen molar-refractivity contribution in [3.05, 3.63) is 215 Å². The van der Waals surface area contributed by atoms with E-state index in [9.17, 15) is 53.5 Å². The Kier molecular flexibility index (Phi) is 24.8. The first kappa shape index (κ1) is 78.3. The fourth-order valence-corrected chi connectivity index (χ4v) is 17.5. The minimum atomic E-state index is -3.83. The Balaban J connectivity index is 0.000000262. The second-order valence-corrected chi connectivity index (χ2v) is 32.7. The summed E-state index contributed by atoms with van der Waals surface area (Å²) in [4.78, 5) is 72.9. The first-order valence-electron chi connectivity index (χ1n) is 34.7. The number of aryl methyl sites for hydroxylation is 1. The van der Waals surface area contributed by atoms with E-state index in [1.807, 2.05) is 81.8 Å². The zero-order valence-electron chi connectivity index (χ0n) is 59.4. The molecule has 3 amide bonds. The van der Waals surface area contributed by atoms with Crippen LogP contribution in [0.5, 0.6) is 5.88 Å². The molecule has 27 nitrogen and oxygen atoms in total. The third-order valence-corrected chi connectivity index (χ3v) is 24.5. The molecule has 4 aliphatic rings. The largest absolute Gasteiger partial charge is 0.481 e. The summed E-state index contributed by atoms with van der Waals surface area (Å²) in [5, 5.41) is 14.5. The highest BCUT2D eigenvalue weighted by Crippen LogP contribution is 2.34. The van der Waals surface area contributed by atoms with Gasteiger partial charge in [0.2, 0.25) is 23.6 Å². The molecule has 109 heavy (non-hydrogen) atoms. The fourth-order valence-electron chi connectivity index (χ4n) is 13.3. The van der Waals surface area contributed by atoms with E-state index in [0.717, 1.165) is 70.2 Å². The molecule has 0 unspecified atom stereocenters. The molecule has 3 fully saturated rings. The van der Waals surface area contributed by atoms with Gasteiger partial charge in [-0.3, -0.25) is 28.5 Å². The second kappa shape index (κ2) is 34.5. The van der Waals surface area contributed by atoms with Gasteiger partial charge in [0.25, 0.3) is 30.1 Å². The van der Waals surface area contributed by atoms with Crippen molar-refractivity contribution in [1.29, 1.82) is 0 Å². The van der Waals surface area contributed by atoms with Gasteiger partial charge in [0, 0.05) is 156 Å².